The van der Waals surface area contributed by atoms with Crippen LogP contribution in [-0.4, -0.2) is 5.11 Å². The van der Waals surface area contributed by atoms with E-state index >= 15 is 0 Å². The summed E-state index contributed by atoms with van der Waals surface area (Å²) in [5.41, 5.74) is 4.50. The van der Waals surface area contributed by atoms with Crippen molar-refractivity contribution >= 4 is 0 Å². The lowest BCUT2D eigenvalue weighted by molar-refractivity contribution is 0.469. The van der Waals surface area contributed by atoms with Crippen molar-refractivity contribution in [2.45, 2.75) is 39.5 Å². The molecule has 100 valence electrons. The maximum Gasteiger partial charge on any atom is 0.126 e. The van der Waals surface area contributed by atoms with Crippen molar-refractivity contribution in [1.82, 2.24) is 0 Å². The first-order valence-corrected chi connectivity index (χ1v) is 7.17. The maximum atomic E-state index is 10.5. The molecule has 0 aliphatic carbocycles. The van der Waals surface area contributed by atoms with Gasteiger partial charge in [0.05, 0.1) is 0 Å². The molecule has 0 unspecified atom stereocenters. The van der Waals surface area contributed by atoms with Crippen LogP contribution in [0.2, 0.25) is 0 Å². The molecule has 0 atom stereocenters. The predicted octanol–water partition coefficient (Wildman–Crippen LogP) is 4.96. The third-order valence-electron chi connectivity index (χ3n) is 3.47. The molecule has 2 aromatic carbocycles. The van der Waals surface area contributed by atoms with Gasteiger partial charge in [-0.1, -0.05) is 69.2 Å². The standard InChI is InChI=1S/C18H22O/c1-3-8-14-10-5-6-12-16(14)17-13-7-11-15(9-4-2)18(17)19/h5-7,10-13,19H,3-4,8-9H2,1-2H3. The SMILES string of the molecule is CCCc1ccccc1-c1cccc(CCC)c1O. The molecule has 0 spiro atoms. The zero-order chi connectivity index (χ0) is 13.7. The Morgan fingerprint density at radius 3 is 2.05 bits per heavy atom. The summed E-state index contributed by atoms with van der Waals surface area (Å²) in [6.07, 6.45) is 4.14. The first-order chi connectivity index (χ1) is 9.27. The summed E-state index contributed by atoms with van der Waals surface area (Å²) >= 11 is 0. The number of phenols is 1. The molecule has 0 aromatic heterocycles. The molecular formula is C18H22O. The molecule has 1 heteroatoms. The van der Waals surface area contributed by atoms with E-state index in [1.54, 1.807) is 0 Å². The van der Waals surface area contributed by atoms with Gasteiger partial charge in [0.2, 0.25) is 0 Å². The van der Waals surface area contributed by atoms with E-state index in [4.69, 9.17) is 0 Å². The van der Waals surface area contributed by atoms with E-state index < -0.39 is 0 Å². The molecule has 0 aliphatic rings. The van der Waals surface area contributed by atoms with Gasteiger partial charge in [0, 0.05) is 5.56 Å². The van der Waals surface area contributed by atoms with Crippen LogP contribution in [0.1, 0.15) is 37.8 Å². The Morgan fingerprint density at radius 1 is 0.737 bits per heavy atom. The Labute approximate surface area is 115 Å². The van der Waals surface area contributed by atoms with Crippen molar-refractivity contribution in [1.29, 1.82) is 0 Å². The first-order valence-electron chi connectivity index (χ1n) is 7.17. The predicted molar refractivity (Wildman–Crippen MR) is 81.5 cm³/mol. The summed E-state index contributed by atoms with van der Waals surface area (Å²) < 4.78 is 0. The second-order valence-electron chi connectivity index (χ2n) is 4.97. The maximum absolute atomic E-state index is 10.5. The zero-order valence-corrected chi connectivity index (χ0v) is 11.8. The van der Waals surface area contributed by atoms with Gasteiger partial charge in [0.25, 0.3) is 0 Å². The van der Waals surface area contributed by atoms with Crippen LogP contribution in [0.3, 0.4) is 0 Å². The molecule has 1 N–H and O–H groups in total. The smallest absolute Gasteiger partial charge is 0.126 e. The van der Waals surface area contributed by atoms with Gasteiger partial charge in [-0.15, -0.1) is 0 Å². The minimum absolute atomic E-state index is 0.452. The second kappa shape index (κ2) is 6.42. The van der Waals surface area contributed by atoms with Crippen molar-refractivity contribution in [2.75, 3.05) is 0 Å². The number of hydrogen-bond donors (Lipinski definition) is 1. The lowest BCUT2D eigenvalue weighted by Gasteiger charge is -2.13. The van der Waals surface area contributed by atoms with Crippen LogP contribution in [-0.2, 0) is 12.8 Å². The summed E-state index contributed by atoms with van der Waals surface area (Å²) in [4.78, 5) is 0. The number of aromatic hydroxyl groups is 1. The quantitative estimate of drug-likeness (QED) is 0.799. The summed E-state index contributed by atoms with van der Waals surface area (Å²) in [6.45, 7) is 4.32. The molecule has 1 nitrogen and oxygen atoms in total. The Hall–Kier alpha value is -1.76. The molecule has 0 saturated carbocycles. The van der Waals surface area contributed by atoms with Gasteiger partial charge < -0.3 is 5.11 Å². The van der Waals surface area contributed by atoms with Gasteiger partial charge in [-0.2, -0.15) is 0 Å². The number of aryl methyl sites for hydroxylation is 2. The molecule has 0 heterocycles. The average molecular weight is 254 g/mol. The number of hydrogen-bond acceptors (Lipinski definition) is 1. The molecule has 0 fully saturated rings. The van der Waals surface area contributed by atoms with Gasteiger partial charge in [0.1, 0.15) is 5.75 Å². The van der Waals surface area contributed by atoms with Gasteiger partial charge in [-0.05, 0) is 29.5 Å². The summed E-state index contributed by atoms with van der Waals surface area (Å²) in [6, 6.07) is 14.5. The van der Waals surface area contributed by atoms with Crippen LogP contribution in [0.5, 0.6) is 5.75 Å². The lowest BCUT2D eigenvalue weighted by atomic mass is 9.94. The molecule has 0 radical (unpaired) electrons. The molecular weight excluding hydrogens is 232 g/mol. The largest absolute Gasteiger partial charge is 0.507 e. The van der Waals surface area contributed by atoms with E-state index in [1.807, 2.05) is 24.3 Å². The highest BCUT2D eigenvalue weighted by Gasteiger charge is 2.11. The van der Waals surface area contributed by atoms with Gasteiger partial charge in [0.15, 0.2) is 0 Å². The van der Waals surface area contributed by atoms with Crippen molar-refractivity contribution in [3.63, 3.8) is 0 Å². The normalized spacial score (nSPS) is 10.6. The Kier molecular flexibility index (Phi) is 4.62. The van der Waals surface area contributed by atoms with Crippen LogP contribution in [0.25, 0.3) is 11.1 Å². The minimum atomic E-state index is 0.452. The lowest BCUT2D eigenvalue weighted by Crippen LogP contribution is -1.92. The van der Waals surface area contributed by atoms with Crippen LogP contribution < -0.4 is 0 Å². The monoisotopic (exact) mass is 254 g/mol. The third kappa shape index (κ3) is 2.98. The van der Waals surface area contributed by atoms with E-state index in [0.717, 1.165) is 36.8 Å². The van der Waals surface area contributed by atoms with E-state index in [2.05, 4.69) is 32.0 Å². The van der Waals surface area contributed by atoms with Crippen LogP contribution >= 0.6 is 0 Å². The Morgan fingerprint density at radius 2 is 1.32 bits per heavy atom. The topological polar surface area (TPSA) is 20.2 Å². The number of rotatable bonds is 5. The molecule has 0 bridgehead atoms. The molecule has 2 aromatic rings. The van der Waals surface area contributed by atoms with Crippen LogP contribution in [0, 0.1) is 0 Å². The van der Waals surface area contributed by atoms with Crippen molar-refractivity contribution in [3.05, 3.63) is 53.6 Å². The zero-order valence-electron chi connectivity index (χ0n) is 11.8. The fraction of sp³-hybridized carbons (Fsp3) is 0.333. The molecule has 2 rings (SSSR count). The average Bonchev–Trinajstić information content (AvgIpc) is 2.43. The van der Waals surface area contributed by atoms with Crippen LogP contribution in [0.4, 0.5) is 0 Å². The summed E-state index contributed by atoms with van der Waals surface area (Å²) in [7, 11) is 0. The Bertz CT molecular complexity index is 543. The van der Waals surface area contributed by atoms with Gasteiger partial charge in [-0.25, -0.2) is 0 Å². The summed E-state index contributed by atoms with van der Waals surface area (Å²) in [5, 5.41) is 10.5. The van der Waals surface area contributed by atoms with Gasteiger partial charge in [-0.3, -0.25) is 0 Å². The second-order valence-corrected chi connectivity index (χ2v) is 4.97. The third-order valence-corrected chi connectivity index (χ3v) is 3.47. The van der Waals surface area contributed by atoms with E-state index in [9.17, 15) is 5.11 Å². The van der Waals surface area contributed by atoms with Crippen molar-refractivity contribution < 1.29 is 5.11 Å². The van der Waals surface area contributed by atoms with Gasteiger partial charge >= 0.3 is 0 Å². The highest BCUT2D eigenvalue weighted by Crippen LogP contribution is 2.35. The van der Waals surface area contributed by atoms with Crippen LogP contribution in [0.15, 0.2) is 42.5 Å². The highest BCUT2D eigenvalue weighted by molar-refractivity contribution is 5.74. The fourth-order valence-corrected chi connectivity index (χ4v) is 2.55. The molecule has 0 amide bonds. The van der Waals surface area contributed by atoms with Crippen molar-refractivity contribution in [3.8, 4) is 16.9 Å². The van der Waals surface area contributed by atoms with E-state index in [-0.39, 0.29) is 0 Å². The van der Waals surface area contributed by atoms with Crippen molar-refractivity contribution in [2.24, 2.45) is 0 Å². The molecule has 0 saturated heterocycles. The number of benzene rings is 2. The van der Waals surface area contributed by atoms with E-state index in [1.165, 1.54) is 11.1 Å². The minimum Gasteiger partial charge on any atom is -0.507 e. The highest BCUT2D eigenvalue weighted by atomic mass is 16.3. The van der Waals surface area contributed by atoms with E-state index in [0.29, 0.717) is 5.75 Å². The molecule has 0 aliphatic heterocycles. The molecule has 19 heavy (non-hydrogen) atoms. The Balaban J connectivity index is 2.50. The summed E-state index contributed by atoms with van der Waals surface area (Å²) in [5.74, 6) is 0.452. The number of phenolic OH excluding ortho intramolecular Hbond substituents is 1. The fourth-order valence-electron chi connectivity index (χ4n) is 2.55. The first kappa shape index (κ1) is 13.7. The number of para-hydroxylation sites is 1.